The summed E-state index contributed by atoms with van der Waals surface area (Å²) in [6.07, 6.45) is 4.57. The van der Waals surface area contributed by atoms with Crippen LogP contribution in [0.4, 0.5) is 0 Å². The Morgan fingerprint density at radius 1 is 1.32 bits per heavy atom. The van der Waals surface area contributed by atoms with Crippen LogP contribution in [0.2, 0.25) is 0 Å². The standard InChI is InChI=1S/C16H31N3/c1-7-11-17-14(9-10-16(3,4)5)15-12-13(8-2)18-19(15)6/h12,14,17H,7-11H2,1-6H3. The molecule has 0 saturated heterocycles. The number of nitrogens with one attached hydrogen (secondary N) is 1. The summed E-state index contributed by atoms with van der Waals surface area (Å²) in [7, 11) is 2.06. The van der Waals surface area contributed by atoms with Crippen molar-refractivity contribution in [1.29, 1.82) is 0 Å². The van der Waals surface area contributed by atoms with Crippen molar-refractivity contribution >= 4 is 0 Å². The number of nitrogens with zero attached hydrogens (tertiary/aromatic N) is 2. The molecule has 1 N–H and O–H groups in total. The number of hydrogen-bond donors (Lipinski definition) is 1. The molecule has 0 aromatic carbocycles. The number of aromatic nitrogens is 2. The second-order valence-electron chi connectivity index (χ2n) is 6.64. The van der Waals surface area contributed by atoms with Crippen LogP contribution in [0.15, 0.2) is 6.07 Å². The molecule has 110 valence electrons. The summed E-state index contributed by atoms with van der Waals surface area (Å²) in [6.45, 7) is 12.4. The maximum atomic E-state index is 4.58. The van der Waals surface area contributed by atoms with Gasteiger partial charge in [-0.25, -0.2) is 0 Å². The highest BCUT2D eigenvalue weighted by Crippen LogP contribution is 2.27. The minimum Gasteiger partial charge on any atom is -0.309 e. The van der Waals surface area contributed by atoms with E-state index in [-0.39, 0.29) is 0 Å². The van der Waals surface area contributed by atoms with Gasteiger partial charge in [-0.1, -0.05) is 34.6 Å². The summed E-state index contributed by atoms with van der Waals surface area (Å²) in [5, 5.41) is 8.25. The van der Waals surface area contributed by atoms with E-state index >= 15 is 0 Å². The van der Waals surface area contributed by atoms with Gasteiger partial charge in [-0.05, 0) is 43.7 Å². The maximum absolute atomic E-state index is 4.58. The van der Waals surface area contributed by atoms with Crippen molar-refractivity contribution in [2.45, 2.75) is 66.3 Å². The van der Waals surface area contributed by atoms with Gasteiger partial charge < -0.3 is 5.32 Å². The Labute approximate surface area is 118 Å². The van der Waals surface area contributed by atoms with E-state index in [1.807, 2.05) is 0 Å². The molecule has 3 nitrogen and oxygen atoms in total. The van der Waals surface area contributed by atoms with Gasteiger partial charge in [0.1, 0.15) is 0 Å². The van der Waals surface area contributed by atoms with Gasteiger partial charge in [-0.2, -0.15) is 5.10 Å². The first-order valence-electron chi connectivity index (χ1n) is 7.63. The third kappa shape index (κ3) is 5.35. The Bertz CT molecular complexity index is 374. The first-order chi connectivity index (χ1) is 8.87. The van der Waals surface area contributed by atoms with Crippen LogP contribution >= 0.6 is 0 Å². The number of hydrogen-bond acceptors (Lipinski definition) is 2. The van der Waals surface area contributed by atoms with E-state index in [4.69, 9.17) is 0 Å². The van der Waals surface area contributed by atoms with Crippen LogP contribution in [0.5, 0.6) is 0 Å². The van der Waals surface area contributed by atoms with Crippen molar-refractivity contribution < 1.29 is 0 Å². The molecule has 1 atom stereocenters. The predicted molar refractivity (Wildman–Crippen MR) is 82.3 cm³/mol. The molecule has 1 rings (SSSR count). The molecule has 0 radical (unpaired) electrons. The zero-order valence-electron chi connectivity index (χ0n) is 13.6. The lowest BCUT2D eigenvalue weighted by Crippen LogP contribution is -2.25. The number of aryl methyl sites for hydroxylation is 2. The van der Waals surface area contributed by atoms with E-state index in [9.17, 15) is 0 Å². The summed E-state index contributed by atoms with van der Waals surface area (Å²) in [4.78, 5) is 0. The van der Waals surface area contributed by atoms with Gasteiger partial charge in [-0.15, -0.1) is 0 Å². The monoisotopic (exact) mass is 265 g/mol. The maximum Gasteiger partial charge on any atom is 0.0625 e. The topological polar surface area (TPSA) is 29.9 Å². The largest absolute Gasteiger partial charge is 0.309 e. The molecular formula is C16H31N3. The Morgan fingerprint density at radius 3 is 2.47 bits per heavy atom. The third-order valence-corrected chi connectivity index (χ3v) is 3.51. The fourth-order valence-corrected chi connectivity index (χ4v) is 2.29. The lowest BCUT2D eigenvalue weighted by atomic mass is 9.88. The van der Waals surface area contributed by atoms with Gasteiger partial charge >= 0.3 is 0 Å². The fourth-order valence-electron chi connectivity index (χ4n) is 2.29. The average molecular weight is 265 g/mol. The van der Waals surface area contributed by atoms with Crippen molar-refractivity contribution in [3.05, 3.63) is 17.5 Å². The Balaban J connectivity index is 2.79. The van der Waals surface area contributed by atoms with E-state index in [1.165, 1.54) is 30.7 Å². The molecule has 19 heavy (non-hydrogen) atoms. The van der Waals surface area contributed by atoms with Crippen LogP contribution in [0, 0.1) is 5.41 Å². The van der Waals surface area contributed by atoms with Gasteiger partial charge in [0, 0.05) is 13.1 Å². The zero-order chi connectivity index (χ0) is 14.5. The molecule has 1 aromatic rings. The van der Waals surface area contributed by atoms with Gasteiger partial charge in [0.25, 0.3) is 0 Å². The molecule has 0 bridgehead atoms. The summed E-state index contributed by atoms with van der Waals surface area (Å²) in [5.74, 6) is 0. The van der Waals surface area contributed by atoms with Crippen molar-refractivity contribution in [2.24, 2.45) is 12.5 Å². The van der Waals surface area contributed by atoms with Crippen LogP contribution < -0.4 is 5.32 Å². The van der Waals surface area contributed by atoms with Crippen LogP contribution in [0.3, 0.4) is 0 Å². The van der Waals surface area contributed by atoms with Crippen LogP contribution in [-0.4, -0.2) is 16.3 Å². The Hall–Kier alpha value is -0.830. The molecule has 0 aliphatic rings. The van der Waals surface area contributed by atoms with Crippen molar-refractivity contribution in [3.8, 4) is 0 Å². The van der Waals surface area contributed by atoms with Crippen LogP contribution in [0.1, 0.15) is 71.3 Å². The zero-order valence-corrected chi connectivity index (χ0v) is 13.6. The first-order valence-corrected chi connectivity index (χ1v) is 7.63. The van der Waals surface area contributed by atoms with E-state index in [0.717, 1.165) is 13.0 Å². The van der Waals surface area contributed by atoms with E-state index < -0.39 is 0 Å². The molecule has 1 heterocycles. The van der Waals surface area contributed by atoms with Gasteiger partial charge in [0.05, 0.1) is 11.4 Å². The lowest BCUT2D eigenvalue weighted by Gasteiger charge is -2.24. The normalized spacial score (nSPS) is 13.8. The van der Waals surface area contributed by atoms with E-state index in [1.54, 1.807) is 0 Å². The SMILES string of the molecule is CCCNC(CCC(C)(C)C)c1cc(CC)nn1C. The second kappa shape index (κ2) is 7.09. The second-order valence-corrected chi connectivity index (χ2v) is 6.64. The third-order valence-electron chi connectivity index (χ3n) is 3.51. The van der Waals surface area contributed by atoms with Crippen molar-refractivity contribution in [3.63, 3.8) is 0 Å². The van der Waals surface area contributed by atoms with Crippen LogP contribution in [0.25, 0.3) is 0 Å². The molecule has 3 heteroatoms. The summed E-state index contributed by atoms with van der Waals surface area (Å²) in [6, 6.07) is 2.69. The minimum absolute atomic E-state index is 0.387. The molecule has 0 spiro atoms. The number of rotatable bonds is 7. The Morgan fingerprint density at radius 2 is 2.00 bits per heavy atom. The molecule has 0 aliphatic heterocycles. The highest BCUT2D eigenvalue weighted by molar-refractivity contribution is 5.14. The van der Waals surface area contributed by atoms with Gasteiger partial charge in [0.15, 0.2) is 0 Å². The average Bonchev–Trinajstić information content (AvgIpc) is 2.70. The van der Waals surface area contributed by atoms with E-state index in [2.05, 4.69) is 62.8 Å². The summed E-state index contributed by atoms with van der Waals surface area (Å²) >= 11 is 0. The minimum atomic E-state index is 0.387. The molecule has 0 fully saturated rings. The lowest BCUT2D eigenvalue weighted by molar-refractivity contribution is 0.326. The Kier molecular flexibility index (Phi) is 6.05. The smallest absolute Gasteiger partial charge is 0.0625 e. The van der Waals surface area contributed by atoms with Gasteiger partial charge in [0.2, 0.25) is 0 Å². The van der Waals surface area contributed by atoms with E-state index in [0.29, 0.717) is 11.5 Å². The molecule has 0 saturated carbocycles. The van der Waals surface area contributed by atoms with Crippen molar-refractivity contribution in [1.82, 2.24) is 15.1 Å². The van der Waals surface area contributed by atoms with Crippen LogP contribution in [-0.2, 0) is 13.5 Å². The molecule has 0 aliphatic carbocycles. The summed E-state index contributed by atoms with van der Waals surface area (Å²) in [5.41, 5.74) is 2.91. The molecular weight excluding hydrogens is 234 g/mol. The summed E-state index contributed by atoms with van der Waals surface area (Å²) < 4.78 is 2.05. The van der Waals surface area contributed by atoms with Gasteiger partial charge in [-0.3, -0.25) is 4.68 Å². The van der Waals surface area contributed by atoms with Crippen molar-refractivity contribution in [2.75, 3.05) is 6.54 Å². The highest BCUT2D eigenvalue weighted by Gasteiger charge is 2.19. The first kappa shape index (κ1) is 16.2. The highest BCUT2D eigenvalue weighted by atomic mass is 15.3. The molecule has 0 amide bonds. The predicted octanol–water partition coefficient (Wildman–Crippen LogP) is 3.85. The fraction of sp³-hybridized carbons (Fsp3) is 0.812. The quantitative estimate of drug-likeness (QED) is 0.811. The molecule has 1 aromatic heterocycles. The molecule has 1 unspecified atom stereocenters.